The van der Waals surface area contributed by atoms with Crippen molar-refractivity contribution in [2.24, 2.45) is 0 Å². The minimum Gasteiger partial charge on any atom is -0.452 e. The molecular formula is C27H24N2O4. The van der Waals surface area contributed by atoms with Gasteiger partial charge in [0.15, 0.2) is 6.61 Å². The molecule has 4 aromatic rings. The van der Waals surface area contributed by atoms with Gasteiger partial charge >= 0.3 is 5.97 Å². The molecule has 1 unspecified atom stereocenters. The third kappa shape index (κ3) is 5.18. The average molecular weight is 440 g/mol. The number of hydrogen-bond donors (Lipinski definition) is 1. The van der Waals surface area contributed by atoms with Gasteiger partial charge in [-0.15, -0.1) is 0 Å². The Morgan fingerprint density at radius 2 is 1.55 bits per heavy atom. The zero-order valence-electron chi connectivity index (χ0n) is 18.2. The van der Waals surface area contributed by atoms with E-state index in [0.717, 1.165) is 16.6 Å². The molecule has 1 N–H and O–H groups in total. The normalized spacial score (nSPS) is 11.7. The predicted octanol–water partition coefficient (Wildman–Crippen LogP) is 4.08. The first-order chi connectivity index (χ1) is 16.0. The number of ether oxygens (including phenoxy) is 1. The van der Waals surface area contributed by atoms with Crippen molar-refractivity contribution in [2.45, 2.75) is 19.5 Å². The van der Waals surface area contributed by atoms with Crippen LogP contribution in [0.2, 0.25) is 0 Å². The molecule has 0 fully saturated rings. The molecule has 6 nitrogen and oxygen atoms in total. The Hall–Kier alpha value is -4.19. The van der Waals surface area contributed by atoms with Crippen LogP contribution >= 0.6 is 0 Å². The molecule has 0 saturated heterocycles. The van der Waals surface area contributed by atoms with Gasteiger partial charge in [-0.25, -0.2) is 4.79 Å². The maximum Gasteiger partial charge on any atom is 0.344 e. The van der Waals surface area contributed by atoms with Gasteiger partial charge in [0, 0.05) is 18.1 Å². The number of amides is 1. The molecule has 6 heteroatoms. The molecular weight excluding hydrogens is 416 g/mol. The maximum absolute atomic E-state index is 13.0. The highest BCUT2D eigenvalue weighted by atomic mass is 16.5. The molecule has 166 valence electrons. The van der Waals surface area contributed by atoms with Crippen molar-refractivity contribution in [3.63, 3.8) is 0 Å². The van der Waals surface area contributed by atoms with Crippen LogP contribution in [0.4, 0.5) is 0 Å². The Labute approximate surface area is 191 Å². The quantitative estimate of drug-likeness (QED) is 0.439. The highest BCUT2D eigenvalue weighted by molar-refractivity contribution is 5.95. The van der Waals surface area contributed by atoms with Gasteiger partial charge in [0.1, 0.15) is 5.56 Å². The molecule has 4 rings (SSSR count). The monoisotopic (exact) mass is 440 g/mol. The van der Waals surface area contributed by atoms with E-state index in [4.69, 9.17) is 4.74 Å². The summed E-state index contributed by atoms with van der Waals surface area (Å²) >= 11 is 0. The fraction of sp³-hybridized carbons (Fsp3) is 0.148. The number of esters is 1. The van der Waals surface area contributed by atoms with Crippen LogP contribution in [0.15, 0.2) is 95.9 Å². The van der Waals surface area contributed by atoms with Gasteiger partial charge in [0.05, 0.1) is 11.6 Å². The van der Waals surface area contributed by atoms with E-state index in [-0.39, 0.29) is 11.6 Å². The first-order valence-corrected chi connectivity index (χ1v) is 10.7. The minimum absolute atomic E-state index is 0.103. The average Bonchev–Trinajstić information content (AvgIpc) is 2.85. The molecule has 0 aliphatic carbocycles. The number of benzene rings is 3. The number of carbonyl (C=O) groups excluding carboxylic acids is 2. The van der Waals surface area contributed by atoms with Crippen LogP contribution in [0.1, 0.15) is 34.5 Å². The van der Waals surface area contributed by atoms with Crippen LogP contribution in [0.5, 0.6) is 0 Å². The third-order valence-corrected chi connectivity index (χ3v) is 5.41. The number of nitrogens with zero attached hydrogens (tertiary/aromatic N) is 1. The second kappa shape index (κ2) is 9.96. The van der Waals surface area contributed by atoms with Crippen LogP contribution in [-0.2, 0) is 16.1 Å². The molecule has 0 radical (unpaired) electrons. The van der Waals surface area contributed by atoms with Gasteiger partial charge in [-0.05, 0) is 30.2 Å². The van der Waals surface area contributed by atoms with Crippen LogP contribution in [0, 0.1) is 0 Å². The molecule has 1 heterocycles. The first-order valence-electron chi connectivity index (χ1n) is 10.7. The summed E-state index contributed by atoms with van der Waals surface area (Å²) < 4.78 is 7.04. The zero-order chi connectivity index (χ0) is 23.2. The number of aromatic nitrogens is 1. The molecule has 1 aromatic heterocycles. The van der Waals surface area contributed by atoms with Gasteiger partial charge in [0.25, 0.3) is 5.91 Å². The van der Waals surface area contributed by atoms with E-state index in [0.29, 0.717) is 11.9 Å². The second-order valence-electron chi connectivity index (χ2n) is 7.78. The Morgan fingerprint density at radius 3 is 2.27 bits per heavy atom. The molecule has 0 spiro atoms. The van der Waals surface area contributed by atoms with Crippen LogP contribution in [0.3, 0.4) is 0 Å². The number of fused-ring (bicyclic) bond motifs is 1. The molecule has 0 aliphatic heterocycles. The highest BCUT2D eigenvalue weighted by Crippen LogP contribution is 2.15. The zero-order valence-corrected chi connectivity index (χ0v) is 18.2. The van der Waals surface area contributed by atoms with Crippen molar-refractivity contribution in [1.82, 2.24) is 9.88 Å². The smallest absolute Gasteiger partial charge is 0.344 e. The fourth-order valence-electron chi connectivity index (χ4n) is 3.72. The van der Waals surface area contributed by atoms with Crippen molar-refractivity contribution in [3.8, 4) is 0 Å². The molecule has 0 aliphatic rings. The molecule has 0 saturated carbocycles. The van der Waals surface area contributed by atoms with Crippen molar-refractivity contribution < 1.29 is 14.3 Å². The summed E-state index contributed by atoms with van der Waals surface area (Å²) in [4.78, 5) is 38.0. The number of para-hydroxylation sites is 1. The molecule has 33 heavy (non-hydrogen) atoms. The lowest BCUT2D eigenvalue weighted by Gasteiger charge is -2.15. The third-order valence-electron chi connectivity index (χ3n) is 5.41. The van der Waals surface area contributed by atoms with E-state index in [1.54, 1.807) is 12.1 Å². The van der Waals surface area contributed by atoms with Gasteiger partial charge in [-0.1, -0.05) is 72.8 Å². The van der Waals surface area contributed by atoms with Crippen LogP contribution < -0.4 is 10.7 Å². The summed E-state index contributed by atoms with van der Waals surface area (Å²) in [6, 6.07) is 26.1. The van der Waals surface area contributed by atoms with E-state index in [1.807, 2.05) is 84.3 Å². The second-order valence-corrected chi connectivity index (χ2v) is 7.78. The lowest BCUT2D eigenvalue weighted by Crippen LogP contribution is -2.32. The van der Waals surface area contributed by atoms with Gasteiger partial charge < -0.3 is 14.6 Å². The fourth-order valence-corrected chi connectivity index (χ4v) is 3.72. The first kappa shape index (κ1) is 22.0. The Bertz CT molecular complexity index is 1330. The lowest BCUT2D eigenvalue weighted by atomic mass is 10.1. The standard InChI is InChI=1S/C27H24N2O4/c1-19(21-12-6-3-7-13-21)28-25(30)18-33-27(32)23-17-29(16-20-10-4-2-5-11-20)24-15-9-8-14-22(24)26(23)31/h2-15,17,19H,16,18H2,1H3,(H,28,30). The number of pyridine rings is 1. The molecule has 3 aromatic carbocycles. The summed E-state index contributed by atoms with van der Waals surface area (Å²) in [6.07, 6.45) is 1.50. The largest absolute Gasteiger partial charge is 0.452 e. The SMILES string of the molecule is CC(NC(=O)COC(=O)c1cn(Cc2ccccc2)c2ccccc2c1=O)c1ccccc1. The van der Waals surface area contributed by atoms with E-state index < -0.39 is 23.9 Å². The Balaban J connectivity index is 1.52. The number of nitrogens with one attached hydrogen (secondary N) is 1. The highest BCUT2D eigenvalue weighted by Gasteiger charge is 2.19. The summed E-state index contributed by atoms with van der Waals surface area (Å²) in [7, 11) is 0. The number of carbonyl (C=O) groups is 2. The van der Waals surface area contributed by atoms with E-state index in [2.05, 4.69) is 5.32 Å². The van der Waals surface area contributed by atoms with Crippen LogP contribution in [0.25, 0.3) is 10.9 Å². The molecule has 1 atom stereocenters. The topological polar surface area (TPSA) is 77.4 Å². The number of hydrogen-bond acceptors (Lipinski definition) is 4. The Morgan fingerprint density at radius 1 is 0.909 bits per heavy atom. The van der Waals surface area contributed by atoms with E-state index >= 15 is 0 Å². The van der Waals surface area contributed by atoms with Gasteiger partial charge in [-0.3, -0.25) is 9.59 Å². The lowest BCUT2D eigenvalue weighted by molar-refractivity contribution is -0.124. The van der Waals surface area contributed by atoms with Crippen LogP contribution in [-0.4, -0.2) is 23.1 Å². The summed E-state index contributed by atoms with van der Waals surface area (Å²) in [5.74, 6) is -1.26. The van der Waals surface area contributed by atoms with E-state index in [9.17, 15) is 14.4 Å². The number of rotatable bonds is 7. The van der Waals surface area contributed by atoms with Gasteiger partial charge in [-0.2, -0.15) is 0 Å². The summed E-state index contributed by atoms with van der Waals surface area (Å²) in [6.45, 7) is 1.86. The van der Waals surface area contributed by atoms with E-state index in [1.165, 1.54) is 6.20 Å². The van der Waals surface area contributed by atoms with Gasteiger partial charge in [0.2, 0.25) is 5.43 Å². The maximum atomic E-state index is 13.0. The van der Waals surface area contributed by atoms with Crippen molar-refractivity contribution in [3.05, 3.63) is 118 Å². The summed E-state index contributed by atoms with van der Waals surface area (Å²) in [5, 5.41) is 3.21. The molecule has 1 amide bonds. The van der Waals surface area contributed by atoms with Crippen molar-refractivity contribution >= 4 is 22.8 Å². The predicted molar refractivity (Wildman–Crippen MR) is 127 cm³/mol. The van der Waals surface area contributed by atoms with Crippen molar-refractivity contribution in [2.75, 3.05) is 6.61 Å². The Kier molecular flexibility index (Phi) is 6.64. The molecule has 0 bridgehead atoms. The minimum atomic E-state index is -0.824. The summed E-state index contributed by atoms with van der Waals surface area (Å²) in [5.41, 5.74) is 2.17. The van der Waals surface area contributed by atoms with Crippen molar-refractivity contribution in [1.29, 1.82) is 0 Å².